The van der Waals surface area contributed by atoms with Gasteiger partial charge in [0.15, 0.2) is 0 Å². The summed E-state index contributed by atoms with van der Waals surface area (Å²) in [6, 6.07) is 20.8. The Morgan fingerprint density at radius 3 is 2.28 bits per heavy atom. The van der Waals surface area contributed by atoms with E-state index in [1.54, 1.807) is 19.2 Å². The molecule has 2 heterocycles. The van der Waals surface area contributed by atoms with Gasteiger partial charge < -0.3 is 19.5 Å². The van der Waals surface area contributed by atoms with Gasteiger partial charge in [0.05, 0.1) is 25.0 Å². The van der Waals surface area contributed by atoms with Crippen LogP contribution in [0.3, 0.4) is 0 Å². The molecule has 0 aliphatic carbocycles. The summed E-state index contributed by atoms with van der Waals surface area (Å²) in [6.45, 7) is 1.68. The van der Waals surface area contributed by atoms with Crippen molar-refractivity contribution in [3.8, 4) is 17.0 Å². The molecule has 2 aromatic heterocycles. The molecule has 3 aromatic carbocycles. The minimum atomic E-state index is -0.740. The number of carbonyl (C=O) groups excluding carboxylic acids is 1. The van der Waals surface area contributed by atoms with E-state index in [0.29, 0.717) is 42.2 Å². The number of nitrogens with zero attached hydrogens (tertiary/aromatic N) is 5. The third-order valence-corrected chi connectivity index (χ3v) is 7.71. The lowest BCUT2D eigenvalue weighted by molar-refractivity contribution is 0.0949. The number of rotatable bonds is 13. The van der Waals surface area contributed by atoms with Crippen LogP contribution in [0, 0.1) is 11.6 Å². The largest absolute Gasteiger partial charge is 0.497 e. The van der Waals surface area contributed by atoms with Crippen molar-refractivity contribution in [2.24, 2.45) is 0 Å². The molecule has 0 atom stereocenters. The third-order valence-electron chi connectivity index (χ3n) is 7.71. The Balaban J connectivity index is 1.68. The molecule has 0 aliphatic heterocycles. The molecule has 11 heteroatoms. The van der Waals surface area contributed by atoms with Crippen molar-refractivity contribution >= 4 is 11.7 Å². The molecule has 9 nitrogen and oxygen atoms in total. The average molecular weight is 629 g/mol. The fraction of sp³-hybridized carbons (Fsp3) is 0.286. The molecule has 0 fully saturated rings. The summed E-state index contributed by atoms with van der Waals surface area (Å²) in [7, 11) is 7.38. The maximum atomic E-state index is 14.9. The van der Waals surface area contributed by atoms with Gasteiger partial charge in [0.2, 0.25) is 5.78 Å². The van der Waals surface area contributed by atoms with Crippen molar-refractivity contribution in [1.29, 1.82) is 0 Å². The summed E-state index contributed by atoms with van der Waals surface area (Å²) < 4.78 is 38.0. The number of nitrogens with one attached hydrogen (secondary N) is 1. The number of ether oxygens (including phenoxy) is 1. The Kier molecular flexibility index (Phi) is 10.2. The Labute approximate surface area is 266 Å². The maximum Gasteiger partial charge on any atom is 0.272 e. The third kappa shape index (κ3) is 7.32. The van der Waals surface area contributed by atoms with E-state index in [-0.39, 0.29) is 30.0 Å². The van der Waals surface area contributed by atoms with Gasteiger partial charge in [-0.25, -0.2) is 18.2 Å². The van der Waals surface area contributed by atoms with Gasteiger partial charge >= 0.3 is 0 Å². The van der Waals surface area contributed by atoms with Crippen LogP contribution in [0.2, 0.25) is 0 Å². The minimum absolute atomic E-state index is 0.153. The average Bonchev–Trinajstić information content (AvgIpc) is 3.42. The molecule has 240 valence electrons. The lowest BCUT2D eigenvalue weighted by Gasteiger charge is -2.18. The van der Waals surface area contributed by atoms with Gasteiger partial charge in [-0.3, -0.25) is 14.5 Å². The second-order valence-electron chi connectivity index (χ2n) is 11.5. The number of imidazole rings is 1. The van der Waals surface area contributed by atoms with Crippen LogP contribution in [0.4, 0.5) is 8.78 Å². The summed E-state index contributed by atoms with van der Waals surface area (Å²) >= 11 is 0. The van der Waals surface area contributed by atoms with Gasteiger partial charge in [-0.1, -0.05) is 36.4 Å². The van der Waals surface area contributed by atoms with E-state index in [0.717, 1.165) is 12.1 Å². The standard InChI is InChI=1S/C35H38F2N6O3/c1-40(2)19-9-18-38-33(44)28-22-42(21-27-29(36)12-8-13-30(27)37)35-39-32(25-14-16-26(46-4)17-15-25)31(43(35)34(28)45)23-41(3)20-24-10-6-5-7-11-24/h5-8,10-17,22H,9,18-21,23H2,1-4H3,(H,38,44). The first-order valence-corrected chi connectivity index (χ1v) is 15.0. The highest BCUT2D eigenvalue weighted by molar-refractivity contribution is 5.93. The van der Waals surface area contributed by atoms with Gasteiger partial charge in [0.25, 0.3) is 11.5 Å². The molecule has 0 unspecified atom stereocenters. The molecule has 0 bridgehead atoms. The Morgan fingerprint density at radius 1 is 0.935 bits per heavy atom. The molecule has 5 aromatic rings. The topological polar surface area (TPSA) is 84.1 Å². The molecule has 1 amide bonds. The van der Waals surface area contributed by atoms with E-state index in [1.165, 1.54) is 33.4 Å². The van der Waals surface area contributed by atoms with Gasteiger partial charge in [-0.2, -0.15) is 0 Å². The zero-order valence-electron chi connectivity index (χ0n) is 26.5. The molecular formula is C35H38F2N6O3. The molecule has 1 N–H and O–H groups in total. The van der Waals surface area contributed by atoms with Crippen molar-refractivity contribution in [1.82, 2.24) is 29.1 Å². The highest BCUT2D eigenvalue weighted by Gasteiger charge is 2.25. The molecule has 0 saturated carbocycles. The van der Waals surface area contributed by atoms with Crippen LogP contribution in [0.25, 0.3) is 17.0 Å². The smallest absolute Gasteiger partial charge is 0.272 e. The van der Waals surface area contributed by atoms with Crippen LogP contribution in [-0.2, 0) is 19.6 Å². The van der Waals surface area contributed by atoms with Crippen LogP contribution in [0.5, 0.6) is 5.75 Å². The summed E-state index contributed by atoms with van der Waals surface area (Å²) in [5.74, 6) is -1.24. The van der Waals surface area contributed by atoms with E-state index in [9.17, 15) is 18.4 Å². The quantitative estimate of drug-likeness (QED) is 0.189. The first kappa shape index (κ1) is 32.5. The predicted octanol–water partition coefficient (Wildman–Crippen LogP) is 4.81. The second-order valence-corrected chi connectivity index (χ2v) is 11.5. The van der Waals surface area contributed by atoms with Crippen LogP contribution < -0.4 is 15.6 Å². The number of hydrogen-bond acceptors (Lipinski definition) is 6. The molecule has 5 rings (SSSR count). The number of halogens is 2. The van der Waals surface area contributed by atoms with Crippen molar-refractivity contribution < 1.29 is 18.3 Å². The van der Waals surface area contributed by atoms with Crippen LogP contribution in [0.1, 0.15) is 33.6 Å². The normalized spacial score (nSPS) is 11.5. The number of carbonyl (C=O) groups is 1. The van der Waals surface area contributed by atoms with E-state index in [4.69, 9.17) is 9.72 Å². The summed E-state index contributed by atoms with van der Waals surface area (Å²) in [5.41, 5.74) is 1.91. The monoisotopic (exact) mass is 628 g/mol. The number of aromatic nitrogens is 3. The number of amides is 1. The van der Waals surface area contributed by atoms with Gasteiger partial charge in [0, 0.05) is 37.0 Å². The Bertz CT molecular complexity index is 1850. The highest BCUT2D eigenvalue weighted by Crippen LogP contribution is 2.28. The lowest BCUT2D eigenvalue weighted by Crippen LogP contribution is -2.35. The van der Waals surface area contributed by atoms with Gasteiger partial charge in [-0.15, -0.1) is 0 Å². The molecular weight excluding hydrogens is 590 g/mol. The second kappa shape index (κ2) is 14.5. The first-order chi connectivity index (χ1) is 22.2. The van der Waals surface area contributed by atoms with E-state index in [1.807, 2.05) is 73.4 Å². The van der Waals surface area contributed by atoms with Crippen molar-refractivity contribution in [2.45, 2.75) is 26.1 Å². The zero-order chi connectivity index (χ0) is 32.8. The Hall–Kier alpha value is -4.87. The summed E-state index contributed by atoms with van der Waals surface area (Å²) in [4.78, 5) is 36.6. The van der Waals surface area contributed by atoms with E-state index in [2.05, 4.69) is 5.32 Å². The number of fused-ring (bicyclic) bond motifs is 1. The van der Waals surface area contributed by atoms with Crippen LogP contribution in [-0.4, -0.2) is 71.0 Å². The predicted molar refractivity (Wildman–Crippen MR) is 174 cm³/mol. The van der Waals surface area contributed by atoms with Gasteiger partial charge in [0.1, 0.15) is 22.9 Å². The number of methoxy groups -OCH3 is 1. The lowest BCUT2D eigenvalue weighted by atomic mass is 10.1. The van der Waals surface area contributed by atoms with Crippen molar-refractivity contribution in [3.63, 3.8) is 0 Å². The van der Waals surface area contributed by atoms with E-state index >= 15 is 0 Å². The summed E-state index contributed by atoms with van der Waals surface area (Å²) in [6.07, 6.45) is 2.02. The molecule has 0 saturated heterocycles. The van der Waals surface area contributed by atoms with Crippen molar-refractivity contribution in [3.05, 3.63) is 123 Å². The van der Waals surface area contributed by atoms with Crippen molar-refractivity contribution in [2.75, 3.05) is 41.3 Å². The molecule has 0 radical (unpaired) electrons. The SMILES string of the molecule is COc1ccc(-c2nc3n(Cc4c(F)cccc4F)cc(C(=O)NCCCN(C)C)c(=O)n3c2CN(C)Cc2ccccc2)cc1. The highest BCUT2D eigenvalue weighted by atomic mass is 19.1. The Morgan fingerprint density at radius 2 is 1.63 bits per heavy atom. The fourth-order valence-corrected chi connectivity index (χ4v) is 5.39. The molecule has 46 heavy (non-hydrogen) atoms. The van der Waals surface area contributed by atoms with E-state index < -0.39 is 23.1 Å². The van der Waals surface area contributed by atoms with Crippen LogP contribution >= 0.6 is 0 Å². The number of hydrogen-bond donors (Lipinski definition) is 1. The zero-order valence-corrected chi connectivity index (χ0v) is 26.5. The van der Waals surface area contributed by atoms with Crippen LogP contribution in [0.15, 0.2) is 83.8 Å². The number of benzene rings is 3. The molecule has 0 aliphatic rings. The summed E-state index contributed by atoms with van der Waals surface area (Å²) in [5, 5.41) is 2.83. The molecule has 0 spiro atoms. The fourth-order valence-electron chi connectivity index (χ4n) is 5.39. The maximum absolute atomic E-state index is 14.9. The minimum Gasteiger partial charge on any atom is -0.497 e. The first-order valence-electron chi connectivity index (χ1n) is 15.0. The van der Waals surface area contributed by atoms with Gasteiger partial charge in [-0.05, 0) is 76.1 Å².